The summed E-state index contributed by atoms with van der Waals surface area (Å²) < 4.78 is 30.4. The van der Waals surface area contributed by atoms with Gasteiger partial charge in [-0.05, 0) is 24.5 Å². The van der Waals surface area contributed by atoms with Crippen molar-refractivity contribution in [2.45, 2.75) is 38.2 Å². The summed E-state index contributed by atoms with van der Waals surface area (Å²) in [7, 11) is 0. The molecule has 1 aliphatic carbocycles. The van der Waals surface area contributed by atoms with Gasteiger partial charge in [-0.2, -0.15) is 5.26 Å². The molecule has 1 aromatic carbocycles. The van der Waals surface area contributed by atoms with Gasteiger partial charge in [-0.25, -0.2) is 8.78 Å². The number of rotatable bonds is 4. The smallest absolute Gasteiger partial charge is 0.310 e. The van der Waals surface area contributed by atoms with E-state index < -0.39 is 12.4 Å². The highest BCUT2D eigenvalue weighted by Gasteiger charge is 2.27. The van der Waals surface area contributed by atoms with Crippen LogP contribution in [0.5, 0.6) is 0 Å². The normalized spacial score (nSPS) is 21.7. The molecule has 2 rings (SSSR count). The summed E-state index contributed by atoms with van der Waals surface area (Å²) in [6.07, 6.45) is -0.771. The molecule has 0 bridgehead atoms. The van der Waals surface area contributed by atoms with E-state index in [-0.39, 0.29) is 24.0 Å². The molecule has 0 unspecified atom stereocenters. The van der Waals surface area contributed by atoms with Gasteiger partial charge in [0.2, 0.25) is 0 Å². The van der Waals surface area contributed by atoms with Crippen molar-refractivity contribution in [2.75, 3.05) is 0 Å². The molecule has 0 spiro atoms. The van der Waals surface area contributed by atoms with E-state index in [1.54, 1.807) is 6.07 Å². The van der Waals surface area contributed by atoms with Gasteiger partial charge in [-0.15, -0.1) is 0 Å². The SMILES string of the molecule is N#C[C@@H]1CC[C@H](OC(=O)Cc2cccc(C(F)F)c2)C1. The summed E-state index contributed by atoms with van der Waals surface area (Å²) in [6, 6.07) is 7.94. The minimum absolute atomic E-state index is 0.0196. The molecule has 20 heavy (non-hydrogen) atoms. The number of ether oxygens (including phenoxy) is 1. The number of carbonyl (C=O) groups excluding carboxylic acids is 1. The Morgan fingerprint density at radius 3 is 2.90 bits per heavy atom. The maximum absolute atomic E-state index is 12.5. The van der Waals surface area contributed by atoms with Crippen molar-refractivity contribution < 1.29 is 18.3 Å². The number of nitriles is 1. The fraction of sp³-hybridized carbons (Fsp3) is 0.467. The molecule has 3 nitrogen and oxygen atoms in total. The predicted octanol–water partition coefficient (Wildman–Crippen LogP) is 3.40. The largest absolute Gasteiger partial charge is 0.462 e. The van der Waals surface area contributed by atoms with Crippen LogP contribution in [0.3, 0.4) is 0 Å². The summed E-state index contributed by atoms with van der Waals surface area (Å²) in [6.45, 7) is 0. The summed E-state index contributed by atoms with van der Waals surface area (Å²) in [5.41, 5.74) is 0.420. The van der Waals surface area contributed by atoms with Gasteiger partial charge in [-0.3, -0.25) is 4.79 Å². The molecular weight excluding hydrogens is 264 g/mol. The van der Waals surface area contributed by atoms with Crippen LogP contribution in [0.4, 0.5) is 8.78 Å². The molecule has 0 aliphatic heterocycles. The maximum atomic E-state index is 12.5. The third-order valence-corrected chi connectivity index (χ3v) is 3.42. The van der Waals surface area contributed by atoms with Crippen LogP contribution in [0, 0.1) is 17.2 Å². The minimum Gasteiger partial charge on any atom is -0.462 e. The number of esters is 1. The van der Waals surface area contributed by atoms with Gasteiger partial charge < -0.3 is 4.74 Å². The van der Waals surface area contributed by atoms with E-state index in [4.69, 9.17) is 10.00 Å². The standard InChI is InChI=1S/C15H15F2NO2/c16-15(17)12-3-1-2-10(6-12)8-14(19)20-13-5-4-11(7-13)9-18/h1-3,6,11,13,15H,4-5,7-8H2/t11-,13+/m1/s1. The summed E-state index contributed by atoms with van der Waals surface area (Å²) in [4.78, 5) is 11.8. The fourth-order valence-electron chi connectivity index (χ4n) is 2.40. The lowest BCUT2D eigenvalue weighted by atomic mass is 10.1. The lowest BCUT2D eigenvalue weighted by Gasteiger charge is -2.11. The lowest BCUT2D eigenvalue weighted by molar-refractivity contribution is -0.147. The molecular formula is C15H15F2NO2. The highest BCUT2D eigenvalue weighted by Crippen LogP contribution is 2.27. The first-order valence-corrected chi connectivity index (χ1v) is 6.54. The predicted molar refractivity (Wildman–Crippen MR) is 67.9 cm³/mol. The zero-order chi connectivity index (χ0) is 14.5. The van der Waals surface area contributed by atoms with E-state index in [9.17, 15) is 13.6 Å². The van der Waals surface area contributed by atoms with Crippen molar-refractivity contribution in [2.24, 2.45) is 5.92 Å². The van der Waals surface area contributed by atoms with Crippen LogP contribution >= 0.6 is 0 Å². The number of benzene rings is 1. The molecule has 1 aliphatic rings. The number of nitrogens with zero attached hydrogens (tertiary/aromatic N) is 1. The molecule has 0 heterocycles. The molecule has 1 fully saturated rings. The second kappa shape index (κ2) is 6.47. The summed E-state index contributed by atoms with van der Waals surface area (Å²) >= 11 is 0. The Morgan fingerprint density at radius 2 is 2.25 bits per heavy atom. The average Bonchev–Trinajstić information content (AvgIpc) is 2.86. The van der Waals surface area contributed by atoms with E-state index >= 15 is 0 Å². The maximum Gasteiger partial charge on any atom is 0.310 e. The number of halogens is 2. The molecule has 2 atom stereocenters. The highest BCUT2D eigenvalue weighted by molar-refractivity contribution is 5.72. The monoisotopic (exact) mass is 279 g/mol. The molecule has 0 N–H and O–H groups in total. The van der Waals surface area contributed by atoms with Crippen LogP contribution in [-0.4, -0.2) is 12.1 Å². The summed E-state index contributed by atoms with van der Waals surface area (Å²) in [5, 5.41) is 8.77. The van der Waals surface area contributed by atoms with E-state index in [2.05, 4.69) is 6.07 Å². The Morgan fingerprint density at radius 1 is 1.45 bits per heavy atom. The van der Waals surface area contributed by atoms with Crippen LogP contribution in [0.15, 0.2) is 24.3 Å². The topological polar surface area (TPSA) is 50.1 Å². The van der Waals surface area contributed by atoms with Crippen LogP contribution < -0.4 is 0 Å². The molecule has 1 aromatic rings. The van der Waals surface area contributed by atoms with Crippen LogP contribution in [0.25, 0.3) is 0 Å². The Hall–Kier alpha value is -1.96. The number of carbonyl (C=O) groups is 1. The van der Waals surface area contributed by atoms with Gasteiger partial charge in [-0.1, -0.05) is 18.2 Å². The summed E-state index contributed by atoms with van der Waals surface area (Å²) in [5.74, 6) is -0.477. The van der Waals surface area contributed by atoms with Crippen LogP contribution in [0.2, 0.25) is 0 Å². The Kier molecular flexibility index (Phi) is 4.67. The van der Waals surface area contributed by atoms with Crippen LogP contribution in [-0.2, 0) is 16.0 Å². The molecule has 0 saturated heterocycles. The molecule has 5 heteroatoms. The Balaban J connectivity index is 1.89. The Bertz CT molecular complexity index is 525. The first-order chi connectivity index (χ1) is 9.58. The third-order valence-electron chi connectivity index (χ3n) is 3.42. The first-order valence-electron chi connectivity index (χ1n) is 6.54. The van der Waals surface area contributed by atoms with E-state index in [1.165, 1.54) is 18.2 Å². The minimum atomic E-state index is -2.54. The first kappa shape index (κ1) is 14.4. The van der Waals surface area contributed by atoms with Gasteiger partial charge >= 0.3 is 5.97 Å². The van der Waals surface area contributed by atoms with Gasteiger partial charge in [0, 0.05) is 17.9 Å². The van der Waals surface area contributed by atoms with Crippen molar-refractivity contribution >= 4 is 5.97 Å². The van der Waals surface area contributed by atoms with E-state index in [0.717, 1.165) is 6.42 Å². The van der Waals surface area contributed by atoms with Crippen molar-refractivity contribution in [1.82, 2.24) is 0 Å². The molecule has 0 amide bonds. The van der Waals surface area contributed by atoms with Gasteiger partial charge in [0.15, 0.2) is 0 Å². The molecule has 106 valence electrons. The number of hydrogen-bond donors (Lipinski definition) is 0. The zero-order valence-electron chi connectivity index (χ0n) is 10.9. The van der Waals surface area contributed by atoms with Crippen molar-refractivity contribution in [3.05, 3.63) is 35.4 Å². The fourth-order valence-corrected chi connectivity index (χ4v) is 2.40. The Labute approximate surface area is 116 Å². The number of hydrogen-bond acceptors (Lipinski definition) is 3. The second-order valence-electron chi connectivity index (χ2n) is 4.97. The zero-order valence-corrected chi connectivity index (χ0v) is 10.9. The average molecular weight is 279 g/mol. The molecule has 0 aromatic heterocycles. The molecule has 0 radical (unpaired) electrons. The highest BCUT2D eigenvalue weighted by atomic mass is 19.3. The van der Waals surface area contributed by atoms with Crippen LogP contribution in [0.1, 0.15) is 36.8 Å². The van der Waals surface area contributed by atoms with Crippen molar-refractivity contribution in [3.8, 4) is 6.07 Å². The third kappa shape index (κ3) is 3.77. The lowest BCUT2D eigenvalue weighted by Crippen LogP contribution is -2.17. The van der Waals surface area contributed by atoms with E-state index in [0.29, 0.717) is 18.4 Å². The van der Waals surface area contributed by atoms with Gasteiger partial charge in [0.25, 0.3) is 6.43 Å². The van der Waals surface area contributed by atoms with E-state index in [1.807, 2.05) is 0 Å². The quantitative estimate of drug-likeness (QED) is 0.794. The van der Waals surface area contributed by atoms with Crippen molar-refractivity contribution in [3.63, 3.8) is 0 Å². The van der Waals surface area contributed by atoms with Gasteiger partial charge in [0.1, 0.15) is 6.10 Å². The molecule has 1 saturated carbocycles. The number of alkyl halides is 2. The second-order valence-corrected chi connectivity index (χ2v) is 4.97. The van der Waals surface area contributed by atoms with Crippen molar-refractivity contribution in [1.29, 1.82) is 5.26 Å². The van der Waals surface area contributed by atoms with Gasteiger partial charge in [0.05, 0.1) is 12.5 Å².